The molecule has 122 heavy (non-hydrogen) atoms. The first kappa shape index (κ1) is 99.9. The van der Waals surface area contributed by atoms with Gasteiger partial charge in [0.05, 0.1) is 70.9 Å². The average Bonchev–Trinajstić information content (AvgIpc) is 0.814. The van der Waals surface area contributed by atoms with E-state index in [0.717, 1.165) is 32.6 Å². The molecule has 3 amide bonds. The largest absolute Gasteiger partial charge is 0.508 e. The summed E-state index contributed by atoms with van der Waals surface area (Å²) in [6, 6.07) is 73.7. The second-order valence-electron chi connectivity index (χ2n) is 25.2. The minimum absolute atomic E-state index is 0.0494. The second-order valence-corrected chi connectivity index (χ2v) is 41.9. The van der Waals surface area contributed by atoms with Gasteiger partial charge in [0.1, 0.15) is 91.0 Å². The number of carbonyl (C=O) groups is 3. The average molecular weight is 2020 g/mol. The van der Waals surface area contributed by atoms with Crippen LogP contribution in [0.25, 0.3) is 0 Å². The number of amides is 3. The molecule has 0 saturated heterocycles. The minimum Gasteiger partial charge on any atom is -0.508 e. The lowest BCUT2D eigenvalue weighted by Crippen LogP contribution is -2.32. The van der Waals surface area contributed by atoms with Gasteiger partial charge in [-0.2, -0.15) is 0 Å². The predicted octanol–water partition coefficient (Wildman–Crippen LogP) is 23.3. The zero-order chi connectivity index (χ0) is 89.2. The zero-order valence-corrected chi connectivity index (χ0v) is 76.3. The first-order valence-electron chi connectivity index (χ1n) is 36.8. The molecular weight excluding hydrogens is 1920 g/mol. The van der Waals surface area contributed by atoms with Gasteiger partial charge in [-0.15, -0.1) is 0 Å². The van der Waals surface area contributed by atoms with E-state index in [9.17, 15) is 47.3 Å². The highest BCUT2D eigenvalue weighted by atomic mass is 80.0. The number of para-hydroxylation sites is 4. The molecule has 11 N–H and O–H groups in total. The molecule has 0 aromatic heterocycles. The Hall–Kier alpha value is -11.0. The van der Waals surface area contributed by atoms with Crippen LogP contribution in [0.4, 0.5) is 46.0 Å². The van der Waals surface area contributed by atoms with Crippen molar-refractivity contribution in [2.75, 3.05) is 67.1 Å². The molecule has 22 nitrogen and oxygen atoms in total. The van der Waals surface area contributed by atoms with E-state index in [4.69, 9.17) is 43.6 Å². The number of aromatic hydroxyl groups is 2. The van der Waals surface area contributed by atoms with Gasteiger partial charge in [0.2, 0.25) is 17.7 Å². The minimum atomic E-state index is -0.967. The lowest BCUT2D eigenvalue weighted by Gasteiger charge is -2.30. The molecule has 0 fully saturated rings. The van der Waals surface area contributed by atoms with E-state index in [1.54, 1.807) is 113 Å². The third-order valence-corrected chi connectivity index (χ3v) is 18.0. The number of aliphatic hydroxyl groups excluding tert-OH is 1. The molecule has 12 aromatic rings. The highest BCUT2D eigenvalue weighted by Crippen LogP contribution is 2.59. The fraction of sp³-hybridized carbons (Fsp3) is 0.167. The van der Waals surface area contributed by atoms with Gasteiger partial charge < -0.3 is 95.7 Å². The summed E-state index contributed by atoms with van der Waals surface area (Å²) in [6.45, 7) is 6.77. The third kappa shape index (κ3) is 33.8. The molecule has 0 aliphatic carbocycles. The number of anilines is 5. The van der Waals surface area contributed by atoms with Gasteiger partial charge in [-0.1, -0.05) is 105 Å². The molecule has 12 aromatic carbocycles. The lowest BCUT2D eigenvalue weighted by molar-refractivity contribution is -0.117. The van der Waals surface area contributed by atoms with Crippen molar-refractivity contribution in [1.29, 1.82) is 0 Å². The summed E-state index contributed by atoms with van der Waals surface area (Å²) in [4.78, 5) is 40.5. The van der Waals surface area contributed by atoms with E-state index >= 15 is 0 Å². The summed E-state index contributed by atoms with van der Waals surface area (Å²) in [7, 11) is 6.27. The maximum atomic E-state index is 14.1. The molecule has 0 spiro atoms. The molecule has 0 aliphatic heterocycles. The number of hydrogen-bond donors (Lipinski definition) is 8. The van der Waals surface area contributed by atoms with Crippen LogP contribution >= 0.6 is 82.4 Å². The Morgan fingerprint density at radius 1 is 0.418 bits per heavy atom. The summed E-state index contributed by atoms with van der Waals surface area (Å²) in [5, 5.41) is 36.0. The van der Waals surface area contributed by atoms with Gasteiger partial charge in [0.15, 0.2) is 23.0 Å². The molecule has 0 heterocycles. The number of phenols is 2. The Morgan fingerprint density at radius 3 is 1.12 bits per heavy atom. The molecule has 0 radical (unpaired) electrons. The maximum absolute atomic E-state index is 14.1. The van der Waals surface area contributed by atoms with Crippen LogP contribution in [0.2, 0.25) is 0 Å². The molecule has 1 unspecified atom stereocenters. The number of carbonyl (C=O) groups excluding carboxylic acids is 3. The molecule has 32 heteroatoms. The van der Waals surface area contributed by atoms with Crippen LogP contribution in [0.3, 0.4) is 0 Å². The summed E-state index contributed by atoms with van der Waals surface area (Å²) >= 11 is 16.3. The Kier molecular flexibility index (Phi) is 43.4. The Morgan fingerprint density at radius 2 is 0.746 bits per heavy atom. The quantitative estimate of drug-likeness (QED) is 0.0108. The molecule has 1 atom stereocenters. The van der Waals surface area contributed by atoms with Crippen molar-refractivity contribution in [3.63, 3.8) is 0 Å². The van der Waals surface area contributed by atoms with Crippen LogP contribution < -0.4 is 80.4 Å². The van der Waals surface area contributed by atoms with Crippen LogP contribution in [-0.4, -0.2) is 81.0 Å². The highest BCUT2D eigenvalue weighted by Gasteiger charge is 2.25. The zero-order valence-electron chi connectivity index (χ0n) is 67.5. The van der Waals surface area contributed by atoms with Gasteiger partial charge in [0, 0.05) is 84.9 Å². The molecule has 0 aliphatic rings. The van der Waals surface area contributed by atoms with E-state index in [1.165, 1.54) is 121 Å². The Labute approximate surface area is 748 Å². The molecule has 0 saturated carbocycles. The number of aliphatic hydroxyl groups is 1. The van der Waals surface area contributed by atoms with Crippen molar-refractivity contribution >= 4 is 129 Å². The Balaban J connectivity index is 0.000000238. The van der Waals surface area contributed by atoms with Crippen molar-refractivity contribution < 1.29 is 85.2 Å². The maximum Gasteiger partial charge on any atom is 0.224 e. The van der Waals surface area contributed by atoms with E-state index in [1.807, 2.05) is 103 Å². The first-order chi connectivity index (χ1) is 58.5. The second kappa shape index (κ2) is 53.1. The number of halogens is 9. The molecule has 12 rings (SSSR count). The van der Waals surface area contributed by atoms with Gasteiger partial charge >= 0.3 is 0 Å². The predicted molar refractivity (Wildman–Crippen MR) is 493 cm³/mol. The standard InChI is InChI=1S/C23H24FN3O3.C22H19BrFNO3.C22H22FNO4.C14H12FNO2.C8H9BrO2.CH6N2.Br3P/c1-16(28)27(14-17-12-20(29-2)9-10-21(17)26-15-25)22-13-18(24)8-11-23(22)30-19-6-4-3-5-7-19;1-15(26)25(14-16-12-19(27-2)9-10-20(16)23)21-13-17(24)8-11-22(21)28-18-6-4-3-5-7-18;1-15(25)24(14-16-12-19(27-2)9-10-21(16)26)20-13-17(23)8-11-22(20)28-18-6-4-3-5-7-18;1-10(17)16-13-9-11(15)7-8-14(13)18-12-5-3-2-4-6-12;1-11-7-2-3-8(10)6(4-7)5-9;2-1-3;1-4(2)3/h3-13,26H,14-15,25H2,1-2H3;3-13H,14H2,1-2H3;3-13,15,25-26H,14H2,1-2H3;2-9H,1H3,(H,16,17);2-4,10H,5H2,1H3;1-3H2;. The number of nitrogens with one attached hydrogen (secondary N) is 2. The van der Waals surface area contributed by atoms with Crippen LogP contribution in [0.1, 0.15) is 49.9 Å². The number of nitrogens with zero attached hydrogens (tertiary/aromatic N) is 3. The van der Waals surface area contributed by atoms with Crippen molar-refractivity contribution in [2.24, 2.45) is 17.2 Å². The molecule has 644 valence electrons. The number of alkyl halides is 1. The Bertz CT molecular complexity index is 5250. The fourth-order valence-electron chi connectivity index (χ4n) is 10.9. The number of methoxy groups -OCH3 is 4. The smallest absolute Gasteiger partial charge is 0.224 e. The number of rotatable bonds is 26. The van der Waals surface area contributed by atoms with E-state index in [2.05, 4.69) is 100 Å². The lowest BCUT2D eigenvalue weighted by atomic mass is 10.1. The summed E-state index contributed by atoms with van der Waals surface area (Å²) < 4.78 is 100. The van der Waals surface area contributed by atoms with Gasteiger partial charge in [-0.3, -0.25) is 14.4 Å². The van der Waals surface area contributed by atoms with E-state index in [-0.39, 0.29) is 60.5 Å². The summed E-state index contributed by atoms with van der Waals surface area (Å²) in [6.07, 6.45) is -0.967. The van der Waals surface area contributed by atoms with Gasteiger partial charge in [-0.25, -0.2) is 17.6 Å². The molecule has 0 bridgehead atoms. The van der Waals surface area contributed by atoms with Crippen LogP contribution in [0, 0.1) is 23.3 Å². The van der Waals surface area contributed by atoms with Gasteiger partial charge in [0.25, 0.3) is 0 Å². The fourth-order valence-corrected chi connectivity index (χ4v) is 11.7. The normalized spacial score (nSPS) is 10.4. The number of phenolic OH excluding ortho intramolecular Hbond substituents is 2. The SMILES string of the molecule is BrP(Br)Br.CC(=O)Nc1cc(F)ccc1Oc1ccccc1.COc1ccc(Br)c(CN(C(C)=O)c2cc(F)ccc2Oc2ccccc2)c1.COc1ccc(NCN)c(CN(C(C)=O)c2cc(F)ccc2Oc2ccccc2)c1.COc1ccc(O)c(CBr)c1.COc1ccc(O)c(CN(c2cc(F)ccc2Oc2ccccc2)C(C)O)c1.NCN. The van der Waals surface area contributed by atoms with E-state index < -0.39 is 29.5 Å². The van der Waals surface area contributed by atoms with Crippen molar-refractivity contribution in [3.8, 4) is 80.5 Å². The number of nitrogens with two attached hydrogens (primary N) is 3. The molecular formula is C90H92Br5F4N8O14P. The summed E-state index contributed by atoms with van der Waals surface area (Å²) in [5.41, 5.74) is 20.0. The van der Waals surface area contributed by atoms with Gasteiger partial charge in [-0.05, 0) is 234 Å². The van der Waals surface area contributed by atoms with E-state index in [0.29, 0.717) is 103 Å². The number of benzene rings is 12. The number of hydrogen-bond acceptors (Lipinski definition) is 19. The van der Waals surface area contributed by atoms with Crippen LogP contribution in [0.5, 0.6) is 80.5 Å². The third-order valence-electron chi connectivity index (χ3n) is 16.6. The van der Waals surface area contributed by atoms with Crippen molar-refractivity contribution in [2.45, 2.75) is 58.9 Å². The summed E-state index contributed by atoms with van der Waals surface area (Å²) in [5.74, 6) is 4.32. The monoisotopic (exact) mass is 2010 g/mol. The van der Waals surface area contributed by atoms with Crippen molar-refractivity contribution in [1.82, 2.24) is 0 Å². The number of ether oxygens (including phenoxy) is 8. The topological polar surface area (TPSA) is 298 Å². The van der Waals surface area contributed by atoms with Crippen molar-refractivity contribution in [3.05, 3.63) is 317 Å². The van der Waals surface area contributed by atoms with Crippen LogP contribution in [0.15, 0.2) is 271 Å². The van der Waals surface area contributed by atoms with Crippen LogP contribution in [-0.2, 0) is 39.3 Å². The first-order valence-corrected chi connectivity index (χ1v) is 46.1. The highest BCUT2D eigenvalue weighted by molar-refractivity contribution is 9.93.